The minimum absolute atomic E-state index is 0.176. The highest BCUT2D eigenvalue weighted by atomic mass is 35.5. The zero-order chi connectivity index (χ0) is 21.8. The zero-order valence-corrected chi connectivity index (χ0v) is 18.3. The van der Waals surface area contributed by atoms with E-state index in [1.165, 1.54) is 47.4 Å². The maximum Gasteiger partial charge on any atom is 0.255 e. The Morgan fingerprint density at radius 2 is 1.77 bits per heavy atom. The standard InChI is InChI=1S/C22H15ClFN3O2S2/c23-14-3-1-2-13(10-14)21(29)26-17-8-9-18-19(11-17)31-22(27-18)30-12-20(28)25-16-6-4-15(24)5-7-16/h1-11H,12H2,(H,25,28)(H,26,29). The molecule has 0 fully saturated rings. The third-order valence-electron chi connectivity index (χ3n) is 4.17. The summed E-state index contributed by atoms with van der Waals surface area (Å²) < 4.78 is 14.6. The van der Waals surface area contributed by atoms with Crippen molar-refractivity contribution in [1.82, 2.24) is 4.98 Å². The van der Waals surface area contributed by atoms with Gasteiger partial charge in [0.2, 0.25) is 5.91 Å². The molecule has 9 heteroatoms. The summed E-state index contributed by atoms with van der Waals surface area (Å²) in [7, 11) is 0. The minimum atomic E-state index is -0.357. The van der Waals surface area contributed by atoms with Crippen molar-refractivity contribution in [2.24, 2.45) is 0 Å². The van der Waals surface area contributed by atoms with Crippen LogP contribution in [0, 0.1) is 5.82 Å². The fourth-order valence-corrected chi connectivity index (χ4v) is 4.83. The summed E-state index contributed by atoms with van der Waals surface area (Å²) in [5.74, 6) is -0.635. The molecule has 0 unspecified atom stereocenters. The lowest BCUT2D eigenvalue weighted by Gasteiger charge is -2.05. The van der Waals surface area contributed by atoms with Crippen LogP contribution in [-0.4, -0.2) is 22.6 Å². The Labute approximate surface area is 190 Å². The summed E-state index contributed by atoms with van der Waals surface area (Å²) in [4.78, 5) is 29.0. The van der Waals surface area contributed by atoms with Crippen molar-refractivity contribution in [2.75, 3.05) is 16.4 Å². The molecule has 0 aliphatic rings. The van der Waals surface area contributed by atoms with Gasteiger partial charge in [-0.1, -0.05) is 29.4 Å². The molecule has 0 bridgehead atoms. The molecular weight excluding hydrogens is 457 g/mol. The lowest BCUT2D eigenvalue weighted by atomic mass is 10.2. The first-order valence-electron chi connectivity index (χ1n) is 9.12. The predicted molar refractivity (Wildman–Crippen MR) is 125 cm³/mol. The average molecular weight is 472 g/mol. The third-order valence-corrected chi connectivity index (χ3v) is 6.56. The Morgan fingerprint density at radius 1 is 1.00 bits per heavy atom. The summed E-state index contributed by atoms with van der Waals surface area (Å²) in [6, 6.07) is 17.8. The second-order valence-corrected chi connectivity index (χ2v) is 9.16. The van der Waals surface area contributed by atoms with Gasteiger partial charge in [0.05, 0.1) is 16.0 Å². The fourth-order valence-electron chi connectivity index (χ4n) is 2.73. The second-order valence-electron chi connectivity index (χ2n) is 6.47. The highest BCUT2D eigenvalue weighted by Crippen LogP contribution is 2.31. The smallest absolute Gasteiger partial charge is 0.255 e. The van der Waals surface area contributed by atoms with Crippen LogP contribution in [0.3, 0.4) is 0 Å². The number of halogens is 2. The summed E-state index contributed by atoms with van der Waals surface area (Å²) in [6.07, 6.45) is 0. The summed E-state index contributed by atoms with van der Waals surface area (Å²) in [6.45, 7) is 0. The Balaban J connectivity index is 1.38. The summed E-state index contributed by atoms with van der Waals surface area (Å²) in [5.41, 5.74) is 2.44. The molecule has 31 heavy (non-hydrogen) atoms. The van der Waals surface area contributed by atoms with Gasteiger partial charge in [-0.2, -0.15) is 0 Å². The molecule has 0 radical (unpaired) electrons. The van der Waals surface area contributed by atoms with Gasteiger partial charge in [-0.25, -0.2) is 9.37 Å². The van der Waals surface area contributed by atoms with Crippen LogP contribution in [0.25, 0.3) is 10.2 Å². The van der Waals surface area contributed by atoms with E-state index >= 15 is 0 Å². The molecule has 2 N–H and O–H groups in total. The van der Waals surface area contributed by atoms with Crippen molar-refractivity contribution in [3.63, 3.8) is 0 Å². The average Bonchev–Trinajstić information content (AvgIpc) is 3.16. The number of carbonyl (C=O) groups is 2. The molecule has 0 atom stereocenters. The lowest BCUT2D eigenvalue weighted by Crippen LogP contribution is -2.13. The van der Waals surface area contributed by atoms with Crippen molar-refractivity contribution in [3.05, 3.63) is 83.1 Å². The van der Waals surface area contributed by atoms with Gasteiger partial charge in [0.1, 0.15) is 5.82 Å². The highest BCUT2D eigenvalue weighted by Gasteiger charge is 2.11. The molecule has 0 saturated carbocycles. The van der Waals surface area contributed by atoms with E-state index in [0.29, 0.717) is 22.0 Å². The van der Waals surface area contributed by atoms with Gasteiger partial charge in [-0.05, 0) is 60.7 Å². The number of thiazole rings is 1. The van der Waals surface area contributed by atoms with E-state index in [1.54, 1.807) is 30.3 Å². The summed E-state index contributed by atoms with van der Waals surface area (Å²) in [5, 5.41) is 6.06. The van der Waals surface area contributed by atoms with Crippen molar-refractivity contribution >= 4 is 68.1 Å². The lowest BCUT2D eigenvalue weighted by molar-refractivity contribution is -0.113. The number of hydrogen-bond acceptors (Lipinski definition) is 5. The van der Waals surface area contributed by atoms with Crippen molar-refractivity contribution in [2.45, 2.75) is 4.34 Å². The SMILES string of the molecule is O=C(CSc1nc2ccc(NC(=O)c3cccc(Cl)c3)cc2s1)Nc1ccc(F)cc1. The number of carbonyl (C=O) groups excluding carboxylic acids is 2. The molecule has 0 saturated heterocycles. The Morgan fingerprint density at radius 3 is 2.55 bits per heavy atom. The number of thioether (sulfide) groups is 1. The Bertz CT molecular complexity index is 1260. The van der Waals surface area contributed by atoms with Crippen molar-refractivity contribution in [3.8, 4) is 0 Å². The van der Waals surface area contributed by atoms with E-state index in [2.05, 4.69) is 15.6 Å². The summed E-state index contributed by atoms with van der Waals surface area (Å²) >= 11 is 8.69. The maximum atomic E-state index is 12.9. The van der Waals surface area contributed by atoms with Crippen LogP contribution in [-0.2, 0) is 4.79 Å². The van der Waals surface area contributed by atoms with Gasteiger partial charge >= 0.3 is 0 Å². The van der Waals surface area contributed by atoms with Gasteiger partial charge in [-0.15, -0.1) is 11.3 Å². The van der Waals surface area contributed by atoms with Crippen LogP contribution >= 0.6 is 34.7 Å². The van der Waals surface area contributed by atoms with Gasteiger partial charge in [-0.3, -0.25) is 9.59 Å². The molecule has 3 aromatic carbocycles. The van der Waals surface area contributed by atoms with Crippen molar-refractivity contribution < 1.29 is 14.0 Å². The normalized spacial score (nSPS) is 10.8. The number of aromatic nitrogens is 1. The van der Waals surface area contributed by atoms with Crippen molar-refractivity contribution in [1.29, 1.82) is 0 Å². The molecular formula is C22H15ClFN3O2S2. The number of nitrogens with one attached hydrogen (secondary N) is 2. The largest absolute Gasteiger partial charge is 0.325 e. The van der Waals surface area contributed by atoms with E-state index in [9.17, 15) is 14.0 Å². The number of fused-ring (bicyclic) bond motifs is 1. The maximum absolute atomic E-state index is 12.9. The van der Waals surface area contributed by atoms with Crippen LogP contribution < -0.4 is 10.6 Å². The number of benzene rings is 3. The zero-order valence-electron chi connectivity index (χ0n) is 15.9. The first kappa shape index (κ1) is 21.3. The predicted octanol–water partition coefficient (Wildman–Crippen LogP) is 6.07. The van der Waals surface area contributed by atoms with E-state index in [-0.39, 0.29) is 23.4 Å². The molecule has 4 rings (SSSR count). The van der Waals surface area contributed by atoms with Crippen LogP contribution in [0.1, 0.15) is 10.4 Å². The molecule has 0 aliphatic carbocycles. The minimum Gasteiger partial charge on any atom is -0.325 e. The van der Waals surface area contributed by atoms with Crippen LogP contribution in [0.5, 0.6) is 0 Å². The van der Waals surface area contributed by atoms with Gasteiger partial charge in [0.25, 0.3) is 5.91 Å². The third kappa shape index (κ3) is 5.61. The molecule has 2 amide bonds. The number of nitrogens with zero attached hydrogens (tertiary/aromatic N) is 1. The van der Waals surface area contributed by atoms with E-state index in [4.69, 9.17) is 11.6 Å². The van der Waals surface area contributed by atoms with Gasteiger partial charge in [0.15, 0.2) is 4.34 Å². The van der Waals surface area contributed by atoms with Gasteiger partial charge < -0.3 is 10.6 Å². The monoisotopic (exact) mass is 471 g/mol. The molecule has 0 spiro atoms. The van der Waals surface area contributed by atoms with Crippen LogP contribution in [0.4, 0.5) is 15.8 Å². The molecule has 0 aliphatic heterocycles. The number of anilines is 2. The first-order chi connectivity index (χ1) is 15.0. The van der Waals surface area contributed by atoms with E-state index < -0.39 is 0 Å². The molecule has 156 valence electrons. The van der Waals surface area contributed by atoms with Crippen LogP contribution in [0.15, 0.2) is 71.1 Å². The van der Waals surface area contributed by atoms with Gasteiger partial charge in [0, 0.05) is 22.0 Å². The number of amides is 2. The van der Waals surface area contributed by atoms with E-state index in [1.807, 2.05) is 12.1 Å². The molecule has 5 nitrogen and oxygen atoms in total. The van der Waals surface area contributed by atoms with Crippen LogP contribution in [0.2, 0.25) is 5.02 Å². The Hall–Kier alpha value is -2.94. The highest BCUT2D eigenvalue weighted by molar-refractivity contribution is 8.01. The number of hydrogen-bond donors (Lipinski definition) is 2. The fraction of sp³-hybridized carbons (Fsp3) is 0.0455. The molecule has 4 aromatic rings. The Kier molecular flexibility index (Phi) is 6.50. The first-order valence-corrected chi connectivity index (χ1v) is 11.3. The second kappa shape index (κ2) is 9.47. The van der Waals surface area contributed by atoms with E-state index in [0.717, 1.165) is 14.6 Å². The topological polar surface area (TPSA) is 71.1 Å². The molecule has 1 heterocycles. The molecule has 1 aromatic heterocycles. The quantitative estimate of drug-likeness (QED) is 0.335. The number of rotatable bonds is 6.